The fourth-order valence-electron chi connectivity index (χ4n) is 1.99. The standard InChI is InChI=1S/C12H15N5S/c1-9-15-11(8-18-9)10-2-3-14-12(16-10)17-6-4-13-5-7-17/h2-3,8,13H,4-7H2,1H3. The number of piperazine rings is 1. The fraction of sp³-hybridized carbons (Fsp3) is 0.417. The van der Waals surface area contributed by atoms with Crippen molar-refractivity contribution in [3.05, 3.63) is 22.7 Å². The number of rotatable bonds is 2. The Morgan fingerprint density at radius 2 is 2.06 bits per heavy atom. The Morgan fingerprint density at radius 1 is 1.22 bits per heavy atom. The summed E-state index contributed by atoms with van der Waals surface area (Å²) in [6, 6.07) is 1.92. The highest BCUT2D eigenvalue weighted by molar-refractivity contribution is 7.09. The predicted molar refractivity (Wildman–Crippen MR) is 73.0 cm³/mol. The number of nitrogens with one attached hydrogen (secondary N) is 1. The molecular formula is C12H15N5S. The zero-order valence-corrected chi connectivity index (χ0v) is 11.1. The molecule has 6 heteroatoms. The maximum atomic E-state index is 4.61. The molecule has 1 fully saturated rings. The molecule has 0 radical (unpaired) electrons. The smallest absolute Gasteiger partial charge is 0.225 e. The van der Waals surface area contributed by atoms with Crippen LogP contribution in [0.25, 0.3) is 11.4 Å². The molecule has 0 saturated carbocycles. The molecule has 0 aromatic carbocycles. The lowest BCUT2D eigenvalue weighted by molar-refractivity contribution is 0.580. The summed E-state index contributed by atoms with van der Waals surface area (Å²) < 4.78 is 0. The quantitative estimate of drug-likeness (QED) is 0.883. The van der Waals surface area contributed by atoms with Crippen LogP contribution in [0, 0.1) is 6.92 Å². The Hall–Kier alpha value is -1.53. The van der Waals surface area contributed by atoms with Gasteiger partial charge >= 0.3 is 0 Å². The van der Waals surface area contributed by atoms with Crippen LogP contribution in [0.5, 0.6) is 0 Å². The highest BCUT2D eigenvalue weighted by Crippen LogP contribution is 2.21. The van der Waals surface area contributed by atoms with E-state index in [-0.39, 0.29) is 0 Å². The molecule has 94 valence electrons. The van der Waals surface area contributed by atoms with Gasteiger partial charge in [-0.05, 0) is 13.0 Å². The van der Waals surface area contributed by atoms with Gasteiger partial charge in [-0.1, -0.05) is 0 Å². The van der Waals surface area contributed by atoms with Crippen molar-refractivity contribution in [1.29, 1.82) is 0 Å². The first-order valence-corrected chi connectivity index (χ1v) is 6.92. The largest absolute Gasteiger partial charge is 0.338 e. The minimum Gasteiger partial charge on any atom is -0.338 e. The van der Waals surface area contributed by atoms with Crippen LogP contribution in [0.4, 0.5) is 5.95 Å². The second-order valence-electron chi connectivity index (χ2n) is 4.23. The molecule has 2 aromatic heterocycles. The summed E-state index contributed by atoms with van der Waals surface area (Å²) in [7, 11) is 0. The maximum Gasteiger partial charge on any atom is 0.225 e. The van der Waals surface area contributed by atoms with E-state index in [0.29, 0.717) is 0 Å². The number of aromatic nitrogens is 3. The van der Waals surface area contributed by atoms with Gasteiger partial charge in [-0.2, -0.15) is 0 Å². The van der Waals surface area contributed by atoms with Crippen LogP contribution >= 0.6 is 11.3 Å². The van der Waals surface area contributed by atoms with Gasteiger partial charge in [0, 0.05) is 37.8 Å². The topological polar surface area (TPSA) is 53.9 Å². The SMILES string of the molecule is Cc1nc(-c2ccnc(N3CCNCC3)n2)cs1. The van der Waals surface area contributed by atoms with Crippen molar-refractivity contribution in [1.82, 2.24) is 20.3 Å². The van der Waals surface area contributed by atoms with Crippen LogP contribution < -0.4 is 10.2 Å². The van der Waals surface area contributed by atoms with Crippen molar-refractivity contribution in [2.45, 2.75) is 6.92 Å². The number of hydrogen-bond donors (Lipinski definition) is 1. The third-order valence-corrected chi connectivity index (χ3v) is 3.70. The Kier molecular flexibility index (Phi) is 3.21. The van der Waals surface area contributed by atoms with E-state index >= 15 is 0 Å². The maximum absolute atomic E-state index is 4.61. The van der Waals surface area contributed by atoms with Crippen molar-refractivity contribution in [3.8, 4) is 11.4 Å². The Morgan fingerprint density at radius 3 is 2.78 bits per heavy atom. The highest BCUT2D eigenvalue weighted by atomic mass is 32.1. The molecule has 1 aliphatic heterocycles. The molecule has 1 saturated heterocycles. The number of aryl methyl sites for hydroxylation is 1. The van der Waals surface area contributed by atoms with Crippen molar-refractivity contribution < 1.29 is 0 Å². The number of anilines is 1. The molecule has 2 aromatic rings. The zero-order valence-electron chi connectivity index (χ0n) is 10.3. The molecule has 0 atom stereocenters. The van der Waals surface area contributed by atoms with Gasteiger partial charge < -0.3 is 10.2 Å². The van der Waals surface area contributed by atoms with Gasteiger partial charge in [0.05, 0.1) is 10.7 Å². The molecule has 1 aliphatic rings. The minimum atomic E-state index is 0.805. The van der Waals surface area contributed by atoms with Crippen molar-refractivity contribution in [2.24, 2.45) is 0 Å². The molecule has 3 rings (SSSR count). The van der Waals surface area contributed by atoms with E-state index in [9.17, 15) is 0 Å². The molecule has 1 N–H and O–H groups in total. The van der Waals surface area contributed by atoms with Gasteiger partial charge in [-0.25, -0.2) is 15.0 Å². The first-order chi connectivity index (χ1) is 8.83. The predicted octanol–water partition coefficient (Wildman–Crippen LogP) is 1.32. The molecule has 0 bridgehead atoms. The van der Waals surface area contributed by atoms with Crippen LogP contribution in [0.1, 0.15) is 5.01 Å². The normalized spacial score (nSPS) is 15.9. The first kappa shape index (κ1) is 11.6. The van der Waals surface area contributed by atoms with E-state index in [1.807, 2.05) is 24.6 Å². The summed E-state index contributed by atoms with van der Waals surface area (Å²) in [5, 5.41) is 6.43. The molecule has 18 heavy (non-hydrogen) atoms. The highest BCUT2D eigenvalue weighted by Gasteiger charge is 2.14. The van der Waals surface area contributed by atoms with Crippen LogP contribution in [-0.4, -0.2) is 41.1 Å². The summed E-state index contributed by atoms with van der Waals surface area (Å²) in [6.07, 6.45) is 1.81. The summed E-state index contributed by atoms with van der Waals surface area (Å²) in [4.78, 5) is 15.6. The second-order valence-corrected chi connectivity index (χ2v) is 5.29. The lowest BCUT2D eigenvalue weighted by Crippen LogP contribution is -2.44. The van der Waals surface area contributed by atoms with Crippen molar-refractivity contribution in [3.63, 3.8) is 0 Å². The third kappa shape index (κ3) is 2.34. The van der Waals surface area contributed by atoms with E-state index in [2.05, 4.69) is 25.2 Å². The molecule has 3 heterocycles. The van der Waals surface area contributed by atoms with E-state index in [1.54, 1.807) is 11.3 Å². The minimum absolute atomic E-state index is 0.805. The van der Waals surface area contributed by atoms with Crippen molar-refractivity contribution >= 4 is 17.3 Å². The van der Waals surface area contributed by atoms with Crippen molar-refractivity contribution in [2.75, 3.05) is 31.1 Å². The zero-order chi connectivity index (χ0) is 12.4. The Labute approximate surface area is 110 Å². The summed E-state index contributed by atoms with van der Waals surface area (Å²) >= 11 is 1.65. The number of hydrogen-bond acceptors (Lipinski definition) is 6. The fourth-order valence-corrected chi connectivity index (χ4v) is 2.60. The van der Waals surface area contributed by atoms with Crippen LogP contribution in [0.15, 0.2) is 17.6 Å². The molecule has 0 amide bonds. The lowest BCUT2D eigenvalue weighted by Gasteiger charge is -2.27. The average Bonchev–Trinajstić information content (AvgIpc) is 2.87. The van der Waals surface area contributed by atoms with E-state index in [4.69, 9.17) is 0 Å². The summed E-state index contributed by atoms with van der Waals surface area (Å²) in [5.74, 6) is 0.805. The van der Waals surface area contributed by atoms with Gasteiger partial charge in [0.2, 0.25) is 5.95 Å². The van der Waals surface area contributed by atoms with Gasteiger partial charge in [-0.15, -0.1) is 11.3 Å². The summed E-state index contributed by atoms with van der Waals surface area (Å²) in [5.41, 5.74) is 1.85. The van der Waals surface area contributed by atoms with Crippen LogP contribution in [-0.2, 0) is 0 Å². The van der Waals surface area contributed by atoms with E-state index in [0.717, 1.165) is 48.5 Å². The van der Waals surface area contributed by atoms with E-state index in [1.165, 1.54) is 0 Å². The molecule has 0 unspecified atom stereocenters. The van der Waals surface area contributed by atoms with Gasteiger partial charge in [0.1, 0.15) is 5.69 Å². The van der Waals surface area contributed by atoms with Gasteiger partial charge in [0.15, 0.2) is 0 Å². The molecule has 5 nitrogen and oxygen atoms in total. The number of nitrogens with zero attached hydrogens (tertiary/aromatic N) is 4. The average molecular weight is 261 g/mol. The van der Waals surface area contributed by atoms with Gasteiger partial charge in [0.25, 0.3) is 0 Å². The van der Waals surface area contributed by atoms with Gasteiger partial charge in [-0.3, -0.25) is 0 Å². The monoisotopic (exact) mass is 261 g/mol. The third-order valence-electron chi connectivity index (χ3n) is 2.92. The first-order valence-electron chi connectivity index (χ1n) is 6.04. The summed E-state index contributed by atoms with van der Waals surface area (Å²) in [6.45, 7) is 5.90. The van der Waals surface area contributed by atoms with Crippen LogP contribution in [0.3, 0.4) is 0 Å². The molecular weight excluding hydrogens is 246 g/mol. The molecule has 0 aliphatic carbocycles. The Balaban J connectivity index is 1.88. The van der Waals surface area contributed by atoms with E-state index < -0.39 is 0 Å². The molecule has 0 spiro atoms. The Bertz CT molecular complexity index is 533. The van der Waals surface area contributed by atoms with Crippen LogP contribution in [0.2, 0.25) is 0 Å². The number of thiazole rings is 1. The lowest BCUT2D eigenvalue weighted by atomic mass is 10.3. The second kappa shape index (κ2) is 4.99.